The molecule has 30 heavy (non-hydrogen) atoms. The normalized spacial score (nSPS) is 11.4. The Kier molecular flexibility index (Phi) is 4.52. The number of aromatic amines is 1. The van der Waals surface area contributed by atoms with Gasteiger partial charge in [-0.05, 0) is 36.2 Å². The summed E-state index contributed by atoms with van der Waals surface area (Å²) in [5.74, 6) is -0.377. The molecule has 2 heterocycles. The van der Waals surface area contributed by atoms with Crippen LogP contribution in [0.5, 0.6) is 0 Å². The van der Waals surface area contributed by atoms with Crippen molar-refractivity contribution in [3.63, 3.8) is 0 Å². The highest BCUT2D eigenvalue weighted by atomic mass is 32.2. The van der Waals surface area contributed by atoms with E-state index in [9.17, 15) is 4.79 Å². The average molecular weight is 415 g/mol. The number of para-hydroxylation sites is 2. The quantitative estimate of drug-likeness (QED) is 0.367. The van der Waals surface area contributed by atoms with Crippen molar-refractivity contribution in [2.75, 3.05) is 5.75 Å². The van der Waals surface area contributed by atoms with E-state index >= 15 is 0 Å². The van der Waals surface area contributed by atoms with Gasteiger partial charge >= 0.3 is 5.97 Å². The minimum absolute atomic E-state index is 0.0790. The van der Waals surface area contributed by atoms with Crippen molar-refractivity contribution >= 4 is 39.7 Å². The Morgan fingerprint density at radius 1 is 1.07 bits per heavy atom. The molecule has 0 spiro atoms. The number of nitrogens with zero attached hydrogens (tertiary/aromatic N) is 2. The van der Waals surface area contributed by atoms with Crippen LogP contribution in [0.2, 0.25) is 0 Å². The van der Waals surface area contributed by atoms with Crippen LogP contribution in [-0.4, -0.2) is 32.0 Å². The first-order valence-electron chi connectivity index (χ1n) is 9.38. The Balaban J connectivity index is 1.60. The van der Waals surface area contributed by atoms with Crippen molar-refractivity contribution in [3.05, 3.63) is 66.2 Å². The molecule has 0 saturated heterocycles. The second-order valence-electron chi connectivity index (χ2n) is 7.02. The summed E-state index contributed by atoms with van der Waals surface area (Å²) in [5.41, 5.74) is 5.70. The molecule has 2 N–H and O–H groups in total. The predicted octanol–water partition coefficient (Wildman–Crippen LogP) is 5.52. The number of fused-ring (bicyclic) bond motifs is 3. The van der Waals surface area contributed by atoms with Crippen LogP contribution in [0.3, 0.4) is 0 Å². The summed E-state index contributed by atoms with van der Waals surface area (Å²) >= 11 is 1.09. The lowest BCUT2D eigenvalue weighted by atomic mass is 9.98. The van der Waals surface area contributed by atoms with Crippen LogP contribution >= 0.6 is 11.8 Å². The smallest absolute Gasteiger partial charge is 0.313 e. The molecule has 0 atom stereocenters. The van der Waals surface area contributed by atoms with Crippen LogP contribution in [-0.2, 0) is 4.79 Å². The molecule has 5 aromatic rings. The molecule has 0 aliphatic rings. The van der Waals surface area contributed by atoms with Gasteiger partial charge in [-0.2, -0.15) is 0 Å². The second-order valence-corrected chi connectivity index (χ2v) is 7.96. The maximum atomic E-state index is 10.8. The van der Waals surface area contributed by atoms with Gasteiger partial charge in [-0.15, -0.1) is 5.10 Å². The minimum atomic E-state index is -0.900. The van der Waals surface area contributed by atoms with Crippen molar-refractivity contribution < 1.29 is 14.3 Å². The summed E-state index contributed by atoms with van der Waals surface area (Å²) in [4.78, 5) is 15.2. The van der Waals surface area contributed by atoms with E-state index in [0.29, 0.717) is 11.0 Å². The number of aryl methyl sites for hydroxylation is 1. The molecule has 3 aromatic carbocycles. The van der Waals surface area contributed by atoms with E-state index in [-0.39, 0.29) is 5.75 Å². The van der Waals surface area contributed by atoms with Gasteiger partial charge in [0.1, 0.15) is 11.2 Å². The Morgan fingerprint density at radius 3 is 2.73 bits per heavy atom. The minimum Gasteiger partial charge on any atom is -0.481 e. The molecule has 0 amide bonds. The number of carboxylic acid groups (broad SMARTS) is 1. The summed E-state index contributed by atoms with van der Waals surface area (Å²) in [6.45, 7) is 2.03. The Morgan fingerprint density at radius 2 is 1.87 bits per heavy atom. The number of furan rings is 1. The van der Waals surface area contributed by atoms with Gasteiger partial charge in [-0.1, -0.05) is 54.2 Å². The lowest BCUT2D eigenvalue weighted by molar-refractivity contribution is -0.133. The van der Waals surface area contributed by atoms with Crippen molar-refractivity contribution in [2.45, 2.75) is 12.1 Å². The summed E-state index contributed by atoms with van der Waals surface area (Å²) in [5, 5.41) is 18.5. The Labute approximate surface area is 175 Å². The molecule has 0 bridgehead atoms. The SMILES string of the molecule is Cc1cc(-c2nc(SCC(=O)O)n[nH]2)cc(-c2cccc3c2oc2ccccc23)c1. The molecular formula is C23H17N3O3S. The molecular weight excluding hydrogens is 398 g/mol. The van der Waals surface area contributed by atoms with Gasteiger partial charge in [0.2, 0.25) is 5.16 Å². The number of carbonyl (C=O) groups is 1. The van der Waals surface area contributed by atoms with Gasteiger partial charge in [0.15, 0.2) is 5.82 Å². The van der Waals surface area contributed by atoms with Gasteiger partial charge in [0.25, 0.3) is 0 Å². The third kappa shape index (κ3) is 3.33. The third-order valence-electron chi connectivity index (χ3n) is 4.86. The van der Waals surface area contributed by atoms with Crippen molar-refractivity contribution in [3.8, 4) is 22.5 Å². The van der Waals surface area contributed by atoms with Crippen LogP contribution in [0.15, 0.2) is 70.2 Å². The van der Waals surface area contributed by atoms with Crippen LogP contribution in [0.25, 0.3) is 44.5 Å². The zero-order chi connectivity index (χ0) is 20.7. The zero-order valence-electron chi connectivity index (χ0n) is 16.0. The highest BCUT2D eigenvalue weighted by molar-refractivity contribution is 7.99. The molecule has 0 fully saturated rings. The maximum absolute atomic E-state index is 10.8. The van der Waals surface area contributed by atoms with Crippen LogP contribution in [0.4, 0.5) is 0 Å². The number of aliphatic carboxylic acids is 1. The summed E-state index contributed by atoms with van der Waals surface area (Å²) < 4.78 is 6.19. The van der Waals surface area contributed by atoms with Crippen molar-refractivity contribution in [2.24, 2.45) is 0 Å². The number of hydrogen-bond donors (Lipinski definition) is 2. The number of carboxylic acids is 1. The molecule has 0 aliphatic heterocycles. The lowest BCUT2D eigenvalue weighted by Gasteiger charge is -2.07. The molecule has 148 valence electrons. The van der Waals surface area contributed by atoms with Crippen LogP contribution in [0, 0.1) is 6.92 Å². The zero-order valence-corrected chi connectivity index (χ0v) is 16.9. The van der Waals surface area contributed by atoms with Gasteiger partial charge in [-0.25, -0.2) is 4.98 Å². The number of hydrogen-bond acceptors (Lipinski definition) is 5. The summed E-state index contributed by atoms with van der Waals surface area (Å²) in [6.07, 6.45) is 0. The average Bonchev–Trinajstić information content (AvgIpc) is 3.36. The molecule has 7 heteroatoms. The lowest BCUT2D eigenvalue weighted by Crippen LogP contribution is -1.97. The van der Waals surface area contributed by atoms with E-state index in [4.69, 9.17) is 9.52 Å². The largest absolute Gasteiger partial charge is 0.481 e. The van der Waals surface area contributed by atoms with Crippen LogP contribution in [0.1, 0.15) is 5.56 Å². The van der Waals surface area contributed by atoms with E-state index < -0.39 is 5.97 Å². The van der Waals surface area contributed by atoms with Crippen LogP contribution < -0.4 is 0 Å². The van der Waals surface area contributed by atoms with Crippen molar-refractivity contribution in [1.82, 2.24) is 15.2 Å². The standard InChI is InChI=1S/C23H17N3O3S/c1-13-9-14(11-15(10-13)22-24-23(26-25-22)30-12-20(27)28)16-6-4-7-18-17-5-2-3-8-19(17)29-21(16)18/h2-11H,12H2,1H3,(H,27,28)(H,24,25,26). The fraction of sp³-hybridized carbons (Fsp3) is 0.0870. The van der Waals surface area contributed by atoms with E-state index in [2.05, 4.69) is 39.4 Å². The molecule has 0 unspecified atom stereocenters. The summed E-state index contributed by atoms with van der Waals surface area (Å²) in [6, 6.07) is 20.4. The van der Waals surface area contributed by atoms with Gasteiger partial charge < -0.3 is 9.52 Å². The molecule has 2 aromatic heterocycles. The highest BCUT2D eigenvalue weighted by Crippen LogP contribution is 2.37. The number of benzene rings is 3. The highest BCUT2D eigenvalue weighted by Gasteiger charge is 2.14. The predicted molar refractivity (Wildman–Crippen MR) is 118 cm³/mol. The fourth-order valence-electron chi connectivity index (χ4n) is 3.62. The number of thioether (sulfide) groups is 1. The first-order chi connectivity index (χ1) is 14.6. The second kappa shape index (κ2) is 7.35. The Hall–Kier alpha value is -3.58. The van der Waals surface area contributed by atoms with Gasteiger partial charge in [0, 0.05) is 21.9 Å². The van der Waals surface area contributed by atoms with E-state index in [1.807, 2.05) is 43.3 Å². The first-order valence-corrected chi connectivity index (χ1v) is 10.4. The molecule has 0 radical (unpaired) electrons. The fourth-order valence-corrected chi connectivity index (χ4v) is 4.13. The van der Waals surface area contributed by atoms with E-state index in [1.165, 1.54) is 0 Å². The summed E-state index contributed by atoms with van der Waals surface area (Å²) in [7, 11) is 0. The maximum Gasteiger partial charge on any atom is 0.313 e. The first kappa shape index (κ1) is 18.4. The van der Waals surface area contributed by atoms with E-state index in [0.717, 1.165) is 56.0 Å². The monoisotopic (exact) mass is 415 g/mol. The molecule has 0 aliphatic carbocycles. The third-order valence-corrected chi connectivity index (χ3v) is 5.69. The van der Waals surface area contributed by atoms with Crippen molar-refractivity contribution in [1.29, 1.82) is 0 Å². The Bertz CT molecular complexity index is 1400. The van der Waals surface area contributed by atoms with E-state index in [1.54, 1.807) is 0 Å². The number of nitrogens with one attached hydrogen (secondary N) is 1. The van der Waals surface area contributed by atoms with Gasteiger partial charge in [-0.3, -0.25) is 9.89 Å². The molecule has 6 nitrogen and oxygen atoms in total. The number of rotatable bonds is 5. The molecule has 0 saturated carbocycles. The molecule has 5 rings (SSSR count). The number of aromatic nitrogens is 3. The van der Waals surface area contributed by atoms with Gasteiger partial charge in [0.05, 0.1) is 5.75 Å². The number of H-pyrrole nitrogens is 1. The topological polar surface area (TPSA) is 92.0 Å².